The van der Waals surface area contributed by atoms with Gasteiger partial charge in [-0.15, -0.1) is 0 Å². The van der Waals surface area contributed by atoms with Crippen LogP contribution in [0, 0.1) is 0 Å². The molecule has 0 heterocycles. The van der Waals surface area contributed by atoms with Gasteiger partial charge in [0.15, 0.2) is 0 Å². The molecule has 0 aliphatic carbocycles. The Labute approximate surface area is 124 Å². The van der Waals surface area contributed by atoms with Crippen molar-refractivity contribution in [3.63, 3.8) is 0 Å². The topological polar surface area (TPSA) is 66.4 Å². The number of benzene rings is 2. The Hall–Kier alpha value is -2.04. The van der Waals surface area contributed by atoms with E-state index in [0.29, 0.717) is 10.6 Å². The fraction of sp³-hybridized carbons (Fsp3) is 0. The van der Waals surface area contributed by atoms with Gasteiger partial charge in [-0.3, -0.25) is 4.79 Å². The molecule has 0 aromatic heterocycles. The number of carboxylic acid groups (broad SMARTS) is 1. The summed E-state index contributed by atoms with van der Waals surface area (Å²) in [5.74, 6) is -1.63. The highest BCUT2D eigenvalue weighted by molar-refractivity contribution is 6.35. The van der Waals surface area contributed by atoms with Crippen molar-refractivity contribution in [1.29, 1.82) is 0 Å². The van der Waals surface area contributed by atoms with E-state index in [9.17, 15) is 9.59 Å². The molecule has 2 rings (SSSR count). The maximum absolute atomic E-state index is 12.0. The number of amides is 1. The van der Waals surface area contributed by atoms with Crippen LogP contribution in [-0.4, -0.2) is 17.0 Å². The van der Waals surface area contributed by atoms with E-state index in [2.05, 4.69) is 5.32 Å². The number of carbonyl (C=O) groups is 2. The van der Waals surface area contributed by atoms with Crippen molar-refractivity contribution >= 4 is 40.8 Å². The summed E-state index contributed by atoms with van der Waals surface area (Å²) in [6.45, 7) is 0. The first-order valence-corrected chi connectivity index (χ1v) is 6.33. The molecule has 102 valence electrons. The largest absolute Gasteiger partial charge is 0.478 e. The highest BCUT2D eigenvalue weighted by Crippen LogP contribution is 2.26. The van der Waals surface area contributed by atoms with Crippen molar-refractivity contribution in [2.75, 3.05) is 5.32 Å². The molecule has 0 spiro atoms. The third kappa shape index (κ3) is 3.10. The monoisotopic (exact) mass is 309 g/mol. The quantitative estimate of drug-likeness (QED) is 0.902. The zero-order valence-corrected chi connectivity index (χ0v) is 11.6. The highest BCUT2D eigenvalue weighted by atomic mass is 35.5. The van der Waals surface area contributed by atoms with E-state index < -0.39 is 11.9 Å². The Kier molecular flexibility index (Phi) is 4.27. The minimum absolute atomic E-state index is 0.0696. The van der Waals surface area contributed by atoms with E-state index >= 15 is 0 Å². The van der Waals surface area contributed by atoms with Crippen LogP contribution in [0.15, 0.2) is 42.5 Å². The molecule has 0 radical (unpaired) electrons. The lowest BCUT2D eigenvalue weighted by atomic mass is 10.1. The van der Waals surface area contributed by atoms with E-state index in [1.54, 1.807) is 12.1 Å². The molecule has 2 aromatic rings. The molecule has 4 nitrogen and oxygen atoms in total. The summed E-state index contributed by atoms with van der Waals surface area (Å²) in [4.78, 5) is 23.2. The third-order valence-corrected chi connectivity index (χ3v) is 3.16. The molecule has 2 N–H and O–H groups in total. The van der Waals surface area contributed by atoms with Gasteiger partial charge >= 0.3 is 5.97 Å². The lowest BCUT2D eigenvalue weighted by Crippen LogP contribution is -2.15. The molecule has 0 saturated carbocycles. The van der Waals surface area contributed by atoms with Crippen LogP contribution in [0.25, 0.3) is 0 Å². The van der Waals surface area contributed by atoms with Gasteiger partial charge in [0, 0.05) is 10.6 Å². The summed E-state index contributed by atoms with van der Waals surface area (Å²) in [5.41, 5.74) is 0.354. The van der Waals surface area contributed by atoms with Crippen molar-refractivity contribution in [3.8, 4) is 0 Å². The van der Waals surface area contributed by atoms with Gasteiger partial charge in [-0.1, -0.05) is 29.3 Å². The number of halogens is 2. The molecule has 2 aromatic carbocycles. The lowest BCUT2D eigenvalue weighted by molar-refractivity contribution is 0.0698. The maximum Gasteiger partial charge on any atom is 0.337 e. The summed E-state index contributed by atoms with van der Waals surface area (Å²) in [6, 6.07) is 10.6. The summed E-state index contributed by atoms with van der Waals surface area (Å²) in [6.07, 6.45) is 0. The first-order chi connectivity index (χ1) is 9.49. The summed E-state index contributed by atoms with van der Waals surface area (Å²) in [7, 11) is 0. The Balaban J connectivity index is 2.32. The van der Waals surface area contributed by atoms with Gasteiger partial charge in [-0.05, 0) is 36.4 Å². The van der Waals surface area contributed by atoms with Gasteiger partial charge in [0.25, 0.3) is 5.91 Å². The second kappa shape index (κ2) is 5.94. The van der Waals surface area contributed by atoms with Crippen molar-refractivity contribution in [1.82, 2.24) is 0 Å². The number of hydrogen-bond acceptors (Lipinski definition) is 2. The smallest absolute Gasteiger partial charge is 0.337 e. The van der Waals surface area contributed by atoms with Crippen LogP contribution in [0.2, 0.25) is 10.0 Å². The second-order valence-electron chi connectivity index (χ2n) is 3.93. The van der Waals surface area contributed by atoms with Gasteiger partial charge in [-0.2, -0.15) is 0 Å². The van der Waals surface area contributed by atoms with Crippen LogP contribution in [0.3, 0.4) is 0 Å². The van der Waals surface area contributed by atoms with E-state index in [-0.39, 0.29) is 16.3 Å². The van der Waals surface area contributed by atoms with Crippen molar-refractivity contribution in [2.45, 2.75) is 0 Å². The van der Waals surface area contributed by atoms with E-state index in [0.717, 1.165) is 0 Å². The SMILES string of the molecule is O=C(Nc1c(Cl)cccc1C(=O)O)c1ccc(Cl)cc1. The van der Waals surface area contributed by atoms with Gasteiger partial charge in [0.05, 0.1) is 16.3 Å². The van der Waals surface area contributed by atoms with Crippen LogP contribution < -0.4 is 5.32 Å². The Morgan fingerprint density at radius 3 is 2.25 bits per heavy atom. The van der Waals surface area contributed by atoms with Crippen molar-refractivity contribution in [2.24, 2.45) is 0 Å². The molecule has 6 heteroatoms. The van der Waals surface area contributed by atoms with E-state index in [1.807, 2.05) is 0 Å². The number of aromatic carboxylic acids is 1. The Morgan fingerprint density at radius 2 is 1.65 bits per heavy atom. The summed E-state index contributed by atoms with van der Waals surface area (Å²) < 4.78 is 0. The van der Waals surface area contributed by atoms with Crippen molar-refractivity contribution in [3.05, 3.63) is 63.6 Å². The predicted molar refractivity (Wildman–Crippen MR) is 77.8 cm³/mol. The number of anilines is 1. The number of hydrogen-bond donors (Lipinski definition) is 2. The number of para-hydroxylation sites is 1. The van der Waals surface area contributed by atoms with Crippen LogP contribution in [0.5, 0.6) is 0 Å². The molecule has 0 atom stereocenters. The van der Waals surface area contributed by atoms with Crippen LogP contribution in [-0.2, 0) is 0 Å². The summed E-state index contributed by atoms with van der Waals surface area (Å²) >= 11 is 11.7. The molecule has 0 bridgehead atoms. The number of rotatable bonds is 3. The lowest BCUT2D eigenvalue weighted by Gasteiger charge is -2.10. The van der Waals surface area contributed by atoms with E-state index in [1.165, 1.54) is 30.3 Å². The van der Waals surface area contributed by atoms with Crippen LogP contribution >= 0.6 is 23.2 Å². The second-order valence-corrected chi connectivity index (χ2v) is 4.77. The average molecular weight is 310 g/mol. The first-order valence-electron chi connectivity index (χ1n) is 5.58. The van der Waals surface area contributed by atoms with Gasteiger partial charge in [0.1, 0.15) is 0 Å². The number of nitrogens with one attached hydrogen (secondary N) is 1. The molecule has 0 aliphatic rings. The third-order valence-electron chi connectivity index (χ3n) is 2.59. The molecule has 0 fully saturated rings. The standard InChI is InChI=1S/C14H9Cl2NO3/c15-9-6-4-8(5-7-9)13(18)17-12-10(14(19)20)2-1-3-11(12)16/h1-7H,(H,17,18)(H,19,20). The molecular formula is C14H9Cl2NO3. The van der Waals surface area contributed by atoms with Crippen LogP contribution in [0.4, 0.5) is 5.69 Å². The maximum atomic E-state index is 12.0. The van der Waals surface area contributed by atoms with Gasteiger partial charge in [-0.25, -0.2) is 4.79 Å². The number of carboxylic acids is 1. The van der Waals surface area contributed by atoms with E-state index in [4.69, 9.17) is 28.3 Å². The molecule has 0 aliphatic heterocycles. The fourth-order valence-electron chi connectivity index (χ4n) is 1.62. The zero-order chi connectivity index (χ0) is 14.7. The zero-order valence-electron chi connectivity index (χ0n) is 10.1. The highest BCUT2D eigenvalue weighted by Gasteiger charge is 2.16. The van der Waals surface area contributed by atoms with Gasteiger partial charge < -0.3 is 10.4 Å². The molecule has 0 saturated heterocycles. The molecule has 1 amide bonds. The fourth-order valence-corrected chi connectivity index (χ4v) is 1.96. The number of carbonyl (C=O) groups excluding carboxylic acids is 1. The van der Waals surface area contributed by atoms with Gasteiger partial charge in [0.2, 0.25) is 0 Å². The molecule has 20 heavy (non-hydrogen) atoms. The Morgan fingerprint density at radius 1 is 1.00 bits per heavy atom. The first kappa shape index (κ1) is 14.4. The predicted octanol–water partition coefficient (Wildman–Crippen LogP) is 3.94. The normalized spacial score (nSPS) is 10.1. The Bertz CT molecular complexity index is 669. The average Bonchev–Trinajstić information content (AvgIpc) is 2.41. The van der Waals surface area contributed by atoms with Crippen LogP contribution in [0.1, 0.15) is 20.7 Å². The molecular weight excluding hydrogens is 301 g/mol. The summed E-state index contributed by atoms with van der Waals surface area (Å²) in [5, 5.41) is 12.2. The minimum Gasteiger partial charge on any atom is -0.478 e. The molecule has 0 unspecified atom stereocenters. The van der Waals surface area contributed by atoms with Crippen molar-refractivity contribution < 1.29 is 14.7 Å². The minimum atomic E-state index is -1.17.